The van der Waals surface area contributed by atoms with Crippen LogP contribution in [0.4, 0.5) is 5.95 Å². The maximum atomic E-state index is 11.2. The van der Waals surface area contributed by atoms with Crippen molar-refractivity contribution in [1.29, 1.82) is 0 Å². The maximum Gasteiger partial charge on any atom is 0.252 e. The maximum absolute atomic E-state index is 11.2. The summed E-state index contributed by atoms with van der Waals surface area (Å²) in [5.74, 6) is 0.281. The minimum atomic E-state index is -0.268. The summed E-state index contributed by atoms with van der Waals surface area (Å²) >= 11 is 5.80. The molecule has 1 aromatic heterocycles. The van der Waals surface area contributed by atoms with Crippen LogP contribution in [0.15, 0.2) is 34.2 Å². The van der Waals surface area contributed by atoms with Crippen LogP contribution < -0.4 is 11.0 Å². The molecule has 6 nitrogen and oxygen atoms in total. The number of halogens is 1. The number of rotatable bonds is 3. The number of hydrogen-bond acceptors (Lipinski definition) is 5. The Morgan fingerprint density at radius 1 is 1.47 bits per heavy atom. The van der Waals surface area contributed by atoms with Crippen molar-refractivity contribution in [3.8, 4) is 5.75 Å². The van der Waals surface area contributed by atoms with Gasteiger partial charge in [0.2, 0.25) is 5.95 Å². The van der Waals surface area contributed by atoms with Crippen molar-refractivity contribution in [2.75, 3.05) is 5.43 Å². The number of nitrogens with zero attached hydrogens (tertiary/aromatic N) is 2. The molecule has 0 spiro atoms. The first-order valence-electron chi connectivity index (χ1n) is 5.40. The standard InChI is InChI=1S/C12H11ClN4O2/c1-7-4-11(19)16-12(15-7)17-14-6-8-5-9(13)2-3-10(8)18/h2-6,18H,1H3,(H2,15,16,17,19). The highest BCUT2D eigenvalue weighted by Gasteiger charge is 1.99. The van der Waals surface area contributed by atoms with Crippen molar-refractivity contribution in [3.63, 3.8) is 0 Å². The van der Waals surface area contributed by atoms with Crippen LogP contribution >= 0.6 is 11.6 Å². The minimum absolute atomic E-state index is 0.0562. The molecule has 19 heavy (non-hydrogen) atoms. The molecular formula is C12H11ClN4O2. The number of benzene rings is 1. The molecule has 7 heteroatoms. The summed E-state index contributed by atoms with van der Waals surface area (Å²) in [5.41, 5.74) is 3.33. The average Bonchev–Trinajstić information content (AvgIpc) is 2.32. The molecular weight excluding hydrogens is 268 g/mol. The van der Waals surface area contributed by atoms with E-state index in [1.807, 2.05) is 0 Å². The number of aromatic hydroxyl groups is 1. The van der Waals surface area contributed by atoms with Gasteiger partial charge in [-0.15, -0.1) is 0 Å². The van der Waals surface area contributed by atoms with Crippen LogP contribution in [0.1, 0.15) is 11.3 Å². The summed E-state index contributed by atoms with van der Waals surface area (Å²) in [4.78, 5) is 17.7. The highest BCUT2D eigenvalue weighted by molar-refractivity contribution is 6.30. The molecule has 0 unspecified atom stereocenters. The Hall–Kier alpha value is -2.34. The second-order valence-corrected chi connectivity index (χ2v) is 4.24. The lowest BCUT2D eigenvalue weighted by atomic mass is 10.2. The molecule has 0 aliphatic carbocycles. The molecule has 0 bridgehead atoms. The fourth-order valence-electron chi connectivity index (χ4n) is 1.42. The first-order valence-corrected chi connectivity index (χ1v) is 5.78. The van der Waals surface area contributed by atoms with Gasteiger partial charge in [0.15, 0.2) is 0 Å². The Balaban J connectivity index is 2.15. The second-order valence-electron chi connectivity index (χ2n) is 3.81. The van der Waals surface area contributed by atoms with E-state index in [1.165, 1.54) is 18.3 Å². The summed E-state index contributed by atoms with van der Waals surface area (Å²) in [5, 5.41) is 13.9. The number of aryl methyl sites for hydroxylation is 1. The van der Waals surface area contributed by atoms with E-state index in [0.717, 1.165) is 0 Å². The van der Waals surface area contributed by atoms with E-state index in [0.29, 0.717) is 16.3 Å². The van der Waals surface area contributed by atoms with Crippen LogP contribution in [0.3, 0.4) is 0 Å². The summed E-state index contributed by atoms with van der Waals surface area (Å²) < 4.78 is 0. The first-order chi connectivity index (χ1) is 9.04. The third kappa shape index (κ3) is 3.56. The fraction of sp³-hybridized carbons (Fsp3) is 0.0833. The number of phenols is 1. The Labute approximate surface area is 113 Å². The van der Waals surface area contributed by atoms with E-state index in [9.17, 15) is 9.90 Å². The van der Waals surface area contributed by atoms with Gasteiger partial charge in [-0.05, 0) is 25.1 Å². The predicted molar refractivity (Wildman–Crippen MR) is 73.9 cm³/mol. The van der Waals surface area contributed by atoms with Gasteiger partial charge in [-0.2, -0.15) is 5.10 Å². The normalized spacial score (nSPS) is 10.8. The van der Waals surface area contributed by atoms with Gasteiger partial charge >= 0.3 is 0 Å². The number of nitrogens with one attached hydrogen (secondary N) is 2. The first kappa shape index (κ1) is 13.1. The van der Waals surface area contributed by atoms with Gasteiger partial charge in [0.1, 0.15) is 5.75 Å². The number of aromatic amines is 1. The quantitative estimate of drug-likeness (QED) is 0.591. The molecule has 3 N–H and O–H groups in total. The van der Waals surface area contributed by atoms with Gasteiger partial charge in [-0.1, -0.05) is 11.6 Å². The Morgan fingerprint density at radius 3 is 3.00 bits per heavy atom. The Kier molecular flexibility index (Phi) is 3.82. The lowest BCUT2D eigenvalue weighted by Gasteiger charge is -2.01. The van der Waals surface area contributed by atoms with Gasteiger partial charge in [-0.3, -0.25) is 9.78 Å². The monoisotopic (exact) mass is 278 g/mol. The second kappa shape index (κ2) is 5.53. The van der Waals surface area contributed by atoms with Crippen LogP contribution in [0.5, 0.6) is 5.75 Å². The molecule has 0 saturated heterocycles. The smallest absolute Gasteiger partial charge is 0.252 e. The van der Waals surface area contributed by atoms with Crippen LogP contribution in [0.25, 0.3) is 0 Å². The van der Waals surface area contributed by atoms with E-state index in [-0.39, 0.29) is 17.3 Å². The number of anilines is 1. The van der Waals surface area contributed by atoms with E-state index in [4.69, 9.17) is 11.6 Å². The summed E-state index contributed by atoms with van der Waals surface area (Å²) in [6, 6.07) is 5.98. The molecule has 0 aliphatic heterocycles. The Morgan fingerprint density at radius 2 is 2.26 bits per heavy atom. The van der Waals surface area contributed by atoms with Crippen LogP contribution in [-0.2, 0) is 0 Å². The number of H-pyrrole nitrogens is 1. The minimum Gasteiger partial charge on any atom is -0.507 e. The highest BCUT2D eigenvalue weighted by atomic mass is 35.5. The zero-order chi connectivity index (χ0) is 13.8. The van der Waals surface area contributed by atoms with Crippen LogP contribution in [0, 0.1) is 6.92 Å². The van der Waals surface area contributed by atoms with Crippen LogP contribution in [-0.4, -0.2) is 21.3 Å². The topological polar surface area (TPSA) is 90.4 Å². The third-order valence-corrected chi connectivity index (χ3v) is 2.47. The number of phenolic OH excluding ortho intramolecular Hbond substituents is 1. The van der Waals surface area contributed by atoms with E-state index < -0.39 is 0 Å². The number of aromatic nitrogens is 2. The zero-order valence-corrected chi connectivity index (χ0v) is 10.8. The van der Waals surface area contributed by atoms with Crippen molar-refractivity contribution in [3.05, 3.63) is 50.9 Å². The average molecular weight is 279 g/mol. The van der Waals surface area contributed by atoms with Crippen molar-refractivity contribution < 1.29 is 5.11 Å². The molecule has 1 aromatic carbocycles. The van der Waals surface area contributed by atoms with Crippen molar-refractivity contribution >= 4 is 23.8 Å². The van der Waals surface area contributed by atoms with E-state index in [2.05, 4.69) is 20.5 Å². The molecule has 98 valence electrons. The summed E-state index contributed by atoms with van der Waals surface area (Å²) in [7, 11) is 0. The zero-order valence-electron chi connectivity index (χ0n) is 10.0. The molecule has 2 rings (SSSR count). The van der Waals surface area contributed by atoms with Gasteiger partial charge in [0.05, 0.1) is 6.21 Å². The molecule has 2 aromatic rings. The molecule has 0 amide bonds. The molecule has 0 radical (unpaired) electrons. The van der Waals surface area contributed by atoms with Gasteiger partial charge in [0.25, 0.3) is 5.56 Å². The SMILES string of the molecule is Cc1cc(=O)[nH]c(NN=Cc2cc(Cl)ccc2O)n1. The summed E-state index contributed by atoms with van der Waals surface area (Å²) in [6.07, 6.45) is 1.38. The summed E-state index contributed by atoms with van der Waals surface area (Å²) in [6.45, 7) is 1.70. The predicted octanol–water partition coefficient (Wildman–Crippen LogP) is 1.88. The van der Waals surface area contributed by atoms with E-state index in [1.54, 1.807) is 19.1 Å². The lowest BCUT2D eigenvalue weighted by molar-refractivity contribution is 0.474. The Bertz CT molecular complexity index is 682. The molecule has 0 saturated carbocycles. The van der Waals surface area contributed by atoms with Crippen molar-refractivity contribution in [1.82, 2.24) is 9.97 Å². The lowest BCUT2D eigenvalue weighted by Crippen LogP contribution is -2.10. The number of hydrazone groups is 1. The highest BCUT2D eigenvalue weighted by Crippen LogP contribution is 2.19. The molecule has 0 atom stereocenters. The van der Waals surface area contributed by atoms with E-state index >= 15 is 0 Å². The third-order valence-electron chi connectivity index (χ3n) is 2.23. The van der Waals surface area contributed by atoms with Crippen molar-refractivity contribution in [2.24, 2.45) is 5.10 Å². The molecule has 1 heterocycles. The van der Waals surface area contributed by atoms with Crippen LogP contribution in [0.2, 0.25) is 5.02 Å². The fourth-order valence-corrected chi connectivity index (χ4v) is 1.60. The van der Waals surface area contributed by atoms with Crippen molar-refractivity contribution in [2.45, 2.75) is 6.92 Å². The molecule has 0 aliphatic rings. The number of hydrogen-bond donors (Lipinski definition) is 3. The van der Waals surface area contributed by atoms with Gasteiger partial charge < -0.3 is 5.11 Å². The van der Waals surface area contributed by atoms with Gasteiger partial charge in [0, 0.05) is 22.3 Å². The molecule has 0 fully saturated rings. The largest absolute Gasteiger partial charge is 0.507 e. The van der Waals surface area contributed by atoms with Gasteiger partial charge in [-0.25, -0.2) is 10.4 Å².